The van der Waals surface area contributed by atoms with Gasteiger partial charge in [0.25, 0.3) is 0 Å². The summed E-state index contributed by atoms with van der Waals surface area (Å²) in [5.41, 5.74) is -0.158. The van der Waals surface area contributed by atoms with Crippen molar-refractivity contribution in [2.45, 2.75) is 96.8 Å². The summed E-state index contributed by atoms with van der Waals surface area (Å²) < 4.78 is 0. The van der Waals surface area contributed by atoms with Crippen molar-refractivity contribution in [2.75, 3.05) is 5.32 Å². The fourth-order valence-electron chi connectivity index (χ4n) is 3.54. The molecule has 0 atom stereocenters. The van der Waals surface area contributed by atoms with Crippen molar-refractivity contribution in [1.29, 1.82) is 0 Å². The minimum absolute atomic E-state index is 0.0233. The Morgan fingerprint density at radius 3 is 1.91 bits per heavy atom. The number of carbonyl (C=O) groups excluding carboxylic acids is 1. The van der Waals surface area contributed by atoms with E-state index in [0.717, 1.165) is 38.5 Å². The molecule has 0 aliphatic rings. The SMILES string of the molecule is CCCCCCCC/C=C\CCCCCCCC(=O)Nc1cc(C(=O)O)ccc1C(=O)O. The van der Waals surface area contributed by atoms with Gasteiger partial charge in [0, 0.05) is 6.42 Å². The molecule has 1 aromatic carbocycles. The maximum absolute atomic E-state index is 12.1. The van der Waals surface area contributed by atoms with Gasteiger partial charge < -0.3 is 15.5 Å². The first-order valence-electron chi connectivity index (χ1n) is 12.0. The Morgan fingerprint density at radius 2 is 1.34 bits per heavy atom. The number of carboxylic acid groups (broad SMARTS) is 2. The molecular formula is C26H39NO5. The Bertz CT molecular complexity index is 742. The van der Waals surface area contributed by atoms with Crippen LogP contribution in [0.25, 0.3) is 0 Å². The second-order valence-electron chi connectivity index (χ2n) is 8.25. The molecule has 6 heteroatoms. The van der Waals surface area contributed by atoms with E-state index in [2.05, 4.69) is 24.4 Å². The lowest BCUT2D eigenvalue weighted by molar-refractivity contribution is -0.116. The van der Waals surface area contributed by atoms with Crippen LogP contribution in [0.1, 0.15) is 118 Å². The molecule has 32 heavy (non-hydrogen) atoms. The summed E-state index contributed by atoms with van der Waals surface area (Å²) in [4.78, 5) is 34.5. The van der Waals surface area contributed by atoms with Gasteiger partial charge in [0.15, 0.2) is 0 Å². The molecule has 0 bridgehead atoms. The molecule has 0 saturated carbocycles. The Labute approximate surface area is 192 Å². The first kappa shape index (κ1) is 27.4. The molecule has 1 rings (SSSR count). The summed E-state index contributed by atoms with van der Waals surface area (Å²) in [5.74, 6) is -2.68. The predicted molar refractivity (Wildman–Crippen MR) is 128 cm³/mol. The lowest BCUT2D eigenvalue weighted by atomic mass is 10.1. The Kier molecular flexibility index (Phi) is 14.5. The summed E-state index contributed by atoms with van der Waals surface area (Å²) in [7, 11) is 0. The Hall–Kier alpha value is -2.63. The van der Waals surface area contributed by atoms with Gasteiger partial charge in [0.1, 0.15) is 0 Å². The summed E-state index contributed by atoms with van der Waals surface area (Å²) in [6.45, 7) is 2.24. The molecule has 3 N–H and O–H groups in total. The number of carboxylic acids is 2. The molecular weight excluding hydrogens is 406 g/mol. The van der Waals surface area contributed by atoms with Crippen LogP contribution in [0.3, 0.4) is 0 Å². The lowest BCUT2D eigenvalue weighted by Gasteiger charge is -2.09. The molecule has 0 unspecified atom stereocenters. The first-order valence-corrected chi connectivity index (χ1v) is 12.0. The zero-order chi connectivity index (χ0) is 23.6. The second kappa shape index (κ2) is 17.0. The van der Waals surface area contributed by atoms with Crippen LogP contribution in [-0.4, -0.2) is 28.1 Å². The normalized spacial score (nSPS) is 11.0. The van der Waals surface area contributed by atoms with E-state index in [4.69, 9.17) is 5.11 Å². The van der Waals surface area contributed by atoms with Crippen LogP contribution < -0.4 is 5.32 Å². The Balaban J connectivity index is 2.13. The Morgan fingerprint density at radius 1 is 0.781 bits per heavy atom. The van der Waals surface area contributed by atoms with E-state index < -0.39 is 11.9 Å². The van der Waals surface area contributed by atoms with Crippen molar-refractivity contribution in [1.82, 2.24) is 0 Å². The van der Waals surface area contributed by atoms with E-state index in [-0.39, 0.29) is 29.1 Å². The van der Waals surface area contributed by atoms with E-state index in [0.29, 0.717) is 0 Å². The minimum atomic E-state index is -1.21. The average Bonchev–Trinajstić information content (AvgIpc) is 2.76. The van der Waals surface area contributed by atoms with Crippen LogP contribution >= 0.6 is 0 Å². The average molecular weight is 446 g/mol. The topological polar surface area (TPSA) is 104 Å². The number of allylic oxidation sites excluding steroid dienone is 2. The van der Waals surface area contributed by atoms with Gasteiger partial charge in [-0.25, -0.2) is 9.59 Å². The number of carbonyl (C=O) groups is 3. The molecule has 0 spiro atoms. The summed E-state index contributed by atoms with van der Waals surface area (Å²) in [6.07, 6.45) is 20.2. The quantitative estimate of drug-likeness (QED) is 0.166. The molecule has 6 nitrogen and oxygen atoms in total. The smallest absolute Gasteiger partial charge is 0.337 e. The number of amides is 1. The highest BCUT2D eigenvalue weighted by Crippen LogP contribution is 2.19. The van der Waals surface area contributed by atoms with Crippen molar-refractivity contribution in [3.8, 4) is 0 Å². The van der Waals surface area contributed by atoms with E-state index >= 15 is 0 Å². The molecule has 178 valence electrons. The van der Waals surface area contributed by atoms with E-state index in [1.807, 2.05) is 0 Å². The first-order chi connectivity index (χ1) is 15.5. The number of benzene rings is 1. The number of unbranched alkanes of at least 4 members (excludes halogenated alkanes) is 11. The van der Waals surface area contributed by atoms with Crippen LogP contribution in [0, 0.1) is 0 Å². The van der Waals surface area contributed by atoms with Crippen LogP contribution in [0.15, 0.2) is 30.4 Å². The molecule has 0 radical (unpaired) electrons. The molecule has 0 fully saturated rings. The second-order valence-corrected chi connectivity index (χ2v) is 8.25. The van der Waals surface area contributed by atoms with Gasteiger partial charge in [-0.1, -0.05) is 70.4 Å². The minimum Gasteiger partial charge on any atom is -0.478 e. The predicted octanol–water partition coefficient (Wildman–Crippen LogP) is 7.06. The van der Waals surface area contributed by atoms with Crippen LogP contribution in [0.4, 0.5) is 5.69 Å². The lowest BCUT2D eigenvalue weighted by Crippen LogP contribution is -2.15. The maximum atomic E-state index is 12.1. The van der Waals surface area contributed by atoms with Crippen molar-refractivity contribution in [3.63, 3.8) is 0 Å². The van der Waals surface area contributed by atoms with Crippen molar-refractivity contribution < 1.29 is 24.6 Å². The van der Waals surface area contributed by atoms with E-state index in [1.165, 1.54) is 63.1 Å². The van der Waals surface area contributed by atoms with Crippen LogP contribution in [0.2, 0.25) is 0 Å². The third-order valence-corrected chi connectivity index (χ3v) is 5.44. The third kappa shape index (κ3) is 12.3. The van der Waals surface area contributed by atoms with E-state index in [9.17, 15) is 19.5 Å². The molecule has 0 aliphatic heterocycles. The van der Waals surface area contributed by atoms with Crippen molar-refractivity contribution in [3.05, 3.63) is 41.5 Å². The number of anilines is 1. The number of aromatic carboxylic acids is 2. The van der Waals surface area contributed by atoms with Gasteiger partial charge in [0.05, 0.1) is 16.8 Å². The molecule has 0 aromatic heterocycles. The molecule has 1 amide bonds. The maximum Gasteiger partial charge on any atom is 0.337 e. The third-order valence-electron chi connectivity index (χ3n) is 5.44. The van der Waals surface area contributed by atoms with Gasteiger partial charge >= 0.3 is 11.9 Å². The zero-order valence-electron chi connectivity index (χ0n) is 19.4. The van der Waals surface area contributed by atoms with Crippen LogP contribution in [-0.2, 0) is 4.79 Å². The largest absolute Gasteiger partial charge is 0.478 e. The van der Waals surface area contributed by atoms with E-state index in [1.54, 1.807) is 0 Å². The number of nitrogens with one attached hydrogen (secondary N) is 1. The number of hydrogen-bond acceptors (Lipinski definition) is 3. The highest BCUT2D eigenvalue weighted by Gasteiger charge is 2.15. The number of rotatable bonds is 18. The zero-order valence-corrected chi connectivity index (χ0v) is 19.4. The van der Waals surface area contributed by atoms with Crippen molar-refractivity contribution >= 4 is 23.5 Å². The fraction of sp³-hybridized carbons (Fsp3) is 0.577. The highest BCUT2D eigenvalue weighted by atomic mass is 16.4. The van der Waals surface area contributed by atoms with Gasteiger partial charge in [-0.15, -0.1) is 0 Å². The molecule has 1 aromatic rings. The van der Waals surface area contributed by atoms with Gasteiger partial charge in [0.2, 0.25) is 5.91 Å². The molecule has 0 saturated heterocycles. The van der Waals surface area contributed by atoms with Gasteiger partial charge in [-0.3, -0.25) is 4.79 Å². The number of hydrogen-bond donors (Lipinski definition) is 3. The van der Waals surface area contributed by atoms with Crippen molar-refractivity contribution in [2.24, 2.45) is 0 Å². The molecule has 0 heterocycles. The monoisotopic (exact) mass is 445 g/mol. The van der Waals surface area contributed by atoms with Crippen LogP contribution in [0.5, 0.6) is 0 Å². The molecule has 0 aliphatic carbocycles. The summed E-state index contributed by atoms with van der Waals surface area (Å²) in [6, 6.07) is 3.60. The van der Waals surface area contributed by atoms with Gasteiger partial charge in [-0.2, -0.15) is 0 Å². The fourth-order valence-corrected chi connectivity index (χ4v) is 3.54. The summed E-state index contributed by atoms with van der Waals surface area (Å²) in [5, 5.41) is 20.8. The summed E-state index contributed by atoms with van der Waals surface area (Å²) >= 11 is 0. The van der Waals surface area contributed by atoms with Gasteiger partial charge in [-0.05, 0) is 50.3 Å². The highest BCUT2D eigenvalue weighted by molar-refractivity contribution is 6.02. The standard InChI is InChI=1S/C26H39NO5/c1-2-3-4-5-6-7-8-9-10-11-12-13-14-15-16-17-24(28)27-23-20-21(25(29)30)18-19-22(23)26(31)32/h9-10,18-20H,2-8,11-17H2,1H3,(H,27,28)(H,29,30)(H,31,32)/b10-9-.